The van der Waals surface area contributed by atoms with Crippen LogP contribution in [0.2, 0.25) is 0 Å². The van der Waals surface area contributed by atoms with E-state index in [1.54, 1.807) is 0 Å². The Hall–Kier alpha value is -1.60. The van der Waals surface area contributed by atoms with Crippen LogP contribution in [0.3, 0.4) is 0 Å². The molecule has 0 amide bonds. The lowest BCUT2D eigenvalue weighted by Gasteiger charge is -2.15. The fraction of sp³-hybridized carbons (Fsp3) is 0.368. The number of aryl methyl sites for hydroxylation is 2. The van der Waals surface area contributed by atoms with Gasteiger partial charge in [0.25, 0.3) is 0 Å². The van der Waals surface area contributed by atoms with Crippen molar-refractivity contribution in [3.63, 3.8) is 0 Å². The van der Waals surface area contributed by atoms with Gasteiger partial charge in [0.2, 0.25) is 0 Å². The van der Waals surface area contributed by atoms with E-state index in [0.717, 1.165) is 6.54 Å². The summed E-state index contributed by atoms with van der Waals surface area (Å²) in [6.45, 7) is 7.50. The Labute approximate surface area is 123 Å². The predicted octanol–water partition coefficient (Wildman–Crippen LogP) is 4.80. The van der Waals surface area contributed by atoms with Crippen molar-refractivity contribution in [2.24, 2.45) is 0 Å². The summed E-state index contributed by atoms with van der Waals surface area (Å²) in [5, 5.41) is 3.59. The molecule has 0 bridgehead atoms. The smallest absolute Gasteiger partial charge is 0.0294 e. The van der Waals surface area contributed by atoms with Crippen molar-refractivity contribution in [3.8, 4) is 0 Å². The Morgan fingerprint density at radius 1 is 1.00 bits per heavy atom. The number of rotatable bonds is 6. The third-order valence-electron chi connectivity index (χ3n) is 3.71. The van der Waals surface area contributed by atoms with Crippen molar-refractivity contribution in [2.75, 3.05) is 0 Å². The average Bonchev–Trinajstić information content (AvgIpc) is 2.46. The Bertz CT molecular complexity index is 528. The van der Waals surface area contributed by atoms with E-state index >= 15 is 0 Å². The summed E-state index contributed by atoms with van der Waals surface area (Å²) in [4.78, 5) is 0. The van der Waals surface area contributed by atoms with Gasteiger partial charge in [-0.2, -0.15) is 0 Å². The summed E-state index contributed by atoms with van der Waals surface area (Å²) in [6, 6.07) is 18.1. The van der Waals surface area contributed by atoms with Crippen LogP contribution in [0.5, 0.6) is 0 Å². The van der Waals surface area contributed by atoms with Gasteiger partial charge in [-0.15, -0.1) is 0 Å². The first-order chi connectivity index (χ1) is 9.69. The van der Waals surface area contributed by atoms with Crippen LogP contribution in [-0.4, -0.2) is 0 Å². The molecule has 0 aliphatic rings. The second kappa shape index (κ2) is 7.25. The Balaban J connectivity index is 1.92. The highest BCUT2D eigenvalue weighted by Gasteiger charge is 2.04. The monoisotopic (exact) mass is 267 g/mol. The van der Waals surface area contributed by atoms with Gasteiger partial charge in [-0.05, 0) is 37.0 Å². The molecular weight excluding hydrogens is 242 g/mol. The lowest BCUT2D eigenvalue weighted by molar-refractivity contribution is 0.574. The zero-order valence-electron chi connectivity index (χ0n) is 12.8. The van der Waals surface area contributed by atoms with Crippen LogP contribution in [-0.2, 0) is 13.0 Å². The maximum absolute atomic E-state index is 3.59. The topological polar surface area (TPSA) is 12.0 Å². The van der Waals surface area contributed by atoms with E-state index in [-0.39, 0.29) is 0 Å². The Kier molecular flexibility index (Phi) is 5.37. The first kappa shape index (κ1) is 14.8. The molecule has 0 aliphatic heterocycles. The quantitative estimate of drug-likeness (QED) is 0.793. The van der Waals surface area contributed by atoms with E-state index < -0.39 is 0 Å². The fourth-order valence-corrected chi connectivity index (χ4v) is 2.47. The molecular formula is C19H25N. The molecule has 0 fully saturated rings. The van der Waals surface area contributed by atoms with Gasteiger partial charge in [-0.3, -0.25) is 0 Å². The van der Waals surface area contributed by atoms with E-state index in [1.807, 2.05) is 0 Å². The van der Waals surface area contributed by atoms with Gasteiger partial charge in [0.1, 0.15) is 0 Å². The highest BCUT2D eigenvalue weighted by Crippen LogP contribution is 2.15. The standard InChI is InChI=1S/C19H25N/c1-4-6-17-9-11-19(12-10-17)16(3)20-14-18-8-5-7-15(2)13-18/h5,7-13,16,20H,4,6,14H2,1-3H3. The highest BCUT2D eigenvalue weighted by atomic mass is 14.9. The number of hydrogen-bond donors (Lipinski definition) is 1. The lowest BCUT2D eigenvalue weighted by atomic mass is 10.0. The minimum Gasteiger partial charge on any atom is -0.306 e. The van der Waals surface area contributed by atoms with E-state index in [4.69, 9.17) is 0 Å². The first-order valence-corrected chi connectivity index (χ1v) is 7.57. The number of nitrogens with one attached hydrogen (secondary N) is 1. The average molecular weight is 267 g/mol. The fourth-order valence-electron chi connectivity index (χ4n) is 2.47. The minimum atomic E-state index is 0.381. The first-order valence-electron chi connectivity index (χ1n) is 7.57. The van der Waals surface area contributed by atoms with Gasteiger partial charge in [0.15, 0.2) is 0 Å². The minimum absolute atomic E-state index is 0.381. The summed E-state index contributed by atoms with van der Waals surface area (Å²) in [6.07, 6.45) is 2.38. The Morgan fingerprint density at radius 2 is 1.75 bits per heavy atom. The predicted molar refractivity (Wildman–Crippen MR) is 86.9 cm³/mol. The molecule has 106 valence electrons. The van der Waals surface area contributed by atoms with Crippen LogP contribution >= 0.6 is 0 Å². The van der Waals surface area contributed by atoms with Gasteiger partial charge in [0, 0.05) is 12.6 Å². The molecule has 1 heteroatoms. The van der Waals surface area contributed by atoms with Crippen LogP contribution < -0.4 is 5.32 Å². The van der Waals surface area contributed by atoms with Crippen molar-refractivity contribution < 1.29 is 0 Å². The maximum atomic E-state index is 3.59. The normalized spacial score (nSPS) is 12.3. The van der Waals surface area contributed by atoms with E-state index in [1.165, 1.54) is 35.1 Å². The van der Waals surface area contributed by atoms with Crippen LogP contribution in [0.15, 0.2) is 48.5 Å². The van der Waals surface area contributed by atoms with Crippen molar-refractivity contribution in [2.45, 2.75) is 46.2 Å². The SMILES string of the molecule is CCCc1ccc(C(C)NCc2cccc(C)c2)cc1. The molecule has 1 unspecified atom stereocenters. The highest BCUT2D eigenvalue weighted by molar-refractivity contribution is 5.26. The van der Waals surface area contributed by atoms with Crippen LogP contribution in [0.25, 0.3) is 0 Å². The molecule has 1 N–H and O–H groups in total. The summed E-state index contributed by atoms with van der Waals surface area (Å²) in [5.74, 6) is 0. The van der Waals surface area contributed by atoms with E-state index in [9.17, 15) is 0 Å². The molecule has 1 nitrogen and oxygen atoms in total. The third kappa shape index (κ3) is 4.21. The molecule has 2 aromatic carbocycles. The molecule has 0 aromatic heterocycles. The van der Waals surface area contributed by atoms with E-state index in [0.29, 0.717) is 6.04 Å². The van der Waals surface area contributed by atoms with Crippen LogP contribution in [0, 0.1) is 6.92 Å². The lowest BCUT2D eigenvalue weighted by Crippen LogP contribution is -2.18. The maximum Gasteiger partial charge on any atom is 0.0294 e. The number of hydrogen-bond acceptors (Lipinski definition) is 1. The second-order valence-corrected chi connectivity index (χ2v) is 5.58. The number of benzene rings is 2. The molecule has 0 aliphatic carbocycles. The second-order valence-electron chi connectivity index (χ2n) is 5.58. The molecule has 0 radical (unpaired) electrons. The van der Waals surface area contributed by atoms with Crippen LogP contribution in [0.4, 0.5) is 0 Å². The Morgan fingerprint density at radius 3 is 2.40 bits per heavy atom. The van der Waals surface area contributed by atoms with Crippen LogP contribution in [0.1, 0.15) is 48.6 Å². The molecule has 1 atom stereocenters. The van der Waals surface area contributed by atoms with Crippen molar-refractivity contribution in [1.29, 1.82) is 0 Å². The molecule has 0 spiro atoms. The van der Waals surface area contributed by atoms with E-state index in [2.05, 4.69) is 74.6 Å². The zero-order valence-corrected chi connectivity index (χ0v) is 12.8. The molecule has 0 heterocycles. The van der Waals surface area contributed by atoms with Crippen molar-refractivity contribution >= 4 is 0 Å². The van der Waals surface area contributed by atoms with Gasteiger partial charge in [-0.25, -0.2) is 0 Å². The molecule has 20 heavy (non-hydrogen) atoms. The summed E-state index contributed by atoms with van der Waals surface area (Å²) >= 11 is 0. The van der Waals surface area contributed by atoms with Gasteiger partial charge in [-0.1, -0.05) is 67.4 Å². The molecule has 0 saturated carbocycles. The summed E-state index contributed by atoms with van der Waals surface area (Å²) in [5.41, 5.74) is 5.46. The summed E-state index contributed by atoms with van der Waals surface area (Å²) < 4.78 is 0. The molecule has 0 saturated heterocycles. The van der Waals surface area contributed by atoms with Gasteiger partial charge in [0.05, 0.1) is 0 Å². The van der Waals surface area contributed by atoms with Gasteiger partial charge < -0.3 is 5.32 Å². The molecule has 2 aromatic rings. The zero-order chi connectivity index (χ0) is 14.4. The van der Waals surface area contributed by atoms with Crippen molar-refractivity contribution in [1.82, 2.24) is 5.32 Å². The van der Waals surface area contributed by atoms with Crippen molar-refractivity contribution in [3.05, 3.63) is 70.8 Å². The molecule has 2 rings (SSSR count). The largest absolute Gasteiger partial charge is 0.306 e. The third-order valence-corrected chi connectivity index (χ3v) is 3.71. The van der Waals surface area contributed by atoms with Gasteiger partial charge >= 0.3 is 0 Å². The summed E-state index contributed by atoms with van der Waals surface area (Å²) in [7, 11) is 0.